The Morgan fingerprint density at radius 2 is 2.00 bits per heavy atom. The third kappa shape index (κ3) is 3.33. The van der Waals surface area contributed by atoms with Crippen molar-refractivity contribution in [3.05, 3.63) is 51.7 Å². The molecule has 0 saturated heterocycles. The number of hydrogen-bond donors (Lipinski definition) is 2. The molecule has 0 atom stereocenters. The van der Waals surface area contributed by atoms with Gasteiger partial charge in [0.1, 0.15) is 5.82 Å². The number of ether oxygens (including phenoxy) is 1. The maximum Gasteiger partial charge on any atom is 0.340 e. The molecule has 0 saturated carbocycles. The highest BCUT2D eigenvalue weighted by atomic mass is 79.9. The van der Waals surface area contributed by atoms with Gasteiger partial charge in [0.25, 0.3) is 0 Å². The van der Waals surface area contributed by atoms with Gasteiger partial charge in [-0.1, -0.05) is 22.0 Å². The first-order chi connectivity index (χ1) is 9.92. The van der Waals surface area contributed by atoms with Crippen molar-refractivity contribution < 1.29 is 13.9 Å². The molecule has 0 fully saturated rings. The van der Waals surface area contributed by atoms with Crippen LogP contribution in [0.25, 0.3) is 0 Å². The van der Waals surface area contributed by atoms with Crippen molar-refractivity contribution in [1.29, 1.82) is 0 Å². The number of nitrogens with one attached hydrogen (secondary N) is 1. The molecule has 6 heteroatoms. The molecule has 0 aliphatic rings. The van der Waals surface area contributed by atoms with Gasteiger partial charge >= 0.3 is 5.97 Å². The molecule has 0 radical (unpaired) electrons. The van der Waals surface area contributed by atoms with Gasteiger partial charge in [0, 0.05) is 15.8 Å². The topological polar surface area (TPSA) is 64.3 Å². The number of halogens is 2. The van der Waals surface area contributed by atoms with Crippen molar-refractivity contribution in [2.24, 2.45) is 0 Å². The molecular formula is C15H14BrFN2O2. The Kier molecular flexibility index (Phi) is 4.47. The highest BCUT2D eigenvalue weighted by Gasteiger charge is 2.15. The monoisotopic (exact) mass is 352 g/mol. The number of esters is 1. The summed E-state index contributed by atoms with van der Waals surface area (Å²) in [5, 5.41) is 2.96. The molecule has 0 bridgehead atoms. The fraction of sp³-hybridized carbons (Fsp3) is 0.133. The van der Waals surface area contributed by atoms with Crippen molar-refractivity contribution in [3.63, 3.8) is 0 Å². The average molecular weight is 353 g/mol. The second-order valence-corrected chi connectivity index (χ2v) is 5.41. The number of benzene rings is 2. The van der Waals surface area contributed by atoms with E-state index >= 15 is 0 Å². The zero-order valence-corrected chi connectivity index (χ0v) is 13.1. The molecule has 2 aromatic carbocycles. The Labute approximate surface area is 130 Å². The van der Waals surface area contributed by atoms with Gasteiger partial charge in [0.05, 0.1) is 18.4 Å². The Hall–Kier alpha value is -2.08. The number of methoxy groups -OCH3 is 1. The maximum atomic E-state index is 14.0. The lowest BCUT2D eigenvalue weighted by Crippen LogP contribution is -2.08. The summed E-state index contributed by atoms with van der Waals surface area (Å²) in [6.45, 7) is 1.89. The smallest absolute Gasteiger partial charge is 0.340 e. The van der Waals surface area contributed by atoms with E-state index < -0.39 is 11.8 Å². The number of nitrogens with two attached hydrogens (primary N) is 1. The van der Waals surface area contributed by atoms with Gasteiger partial charge in [-0.2, -0.15) is 0 Å². The summed E-state index contributed by atoms with van der Waals surface area (Å²) in [6.07, 6.45) is 0. The molecule has 3 N–H and O–H groups in total. The molecule has 2 aromatic rings. The molecule has 0 aliphatic carbocycles. The zero-order chi connectivity index (χ0) is 15.6. The molecule has 0 aromatic heterocycles. The van der Waals surface area contributed by atoms with Crippen LogP contribution in [0.3, 0.4) is 0 Å². The molecule has 2 rings (SSSR count). The number of carbonyl (C=O) groups excluding carboxylic acids is 1. The van der Waals surface area contributed by atoms with Crippen LogP contribution in [0.5, 0.6) is 0 Å². The highest BCUT2D eigenvalue weighted by Crippen LogP contribution is 2.29. The van der Waals surface area contributed by atoms with Crippen LogP contribution in [-0.4, -0.2) is 13.1 Å². The highest BCUT2D eigenvalue weighted by molar-refractivity contribution is 9.10. The lowest BCUT2D eigenvalue weighted by molar-refractivity contribution is 0.0602. The number of carbonyl (C=O) groups is 1. The van der Waals surface area contributed by atoms with E-state index in [0.717, 1.165) is 21.8 Å². The van der Waals surface area contributed by atoms with Crippen LogP contribution >= 0.6 is 15.9 Å². The Morgan fingerprint density at radius 3 is 2.67 bits per heavy atom. The van der Waals surface area contributed by atoms with E-state index in [4.69, 9.17) is 5.73 Å². The summed E-state index contributed by atoms with van der Waals surface area (Å²) in [5.41, 5.74) is 7.62. The second-order valence-electron chi connectivity index (χ2n) is 4.50. The van der Waals surface area contributed by atoms with E-state index in [9.17, 15) is 9.18 Å². The number of nitrogen functional groups attached to an aromatic ring is 1. The summed E-state index contributed by atoms with van der Waals surface area (Å²) in [7, 11) is 1.25. The maximum absolute atomic E-state index is 14.0. The van der Waals surface area contributed by atoms with E-state index in [0.29, 0.717) is 0 Å². The normalized spacial score (nSPS) is 10.3. The van der Waals surface area contributed by atoms with Gasteiger partial charge in [-0.25, -0.2) is 9.18 Å². The fourth-order valence-electron chi connectivity index (χ4n) is 1.85. The Morgan fingerprint density at radius 1 is 1.29 bits per heavy atom. The van der Waals surface area contributed by atoms with Crippen LogP contribution in [0.4, 0.5) is 21.5 Å². The van der Waals surface area contributed by atoms with E-state index in [-0.39, 0.29) is 16.9 Å². The van der Waals surface area contributed by atoms with Crippen molar-refractivity contribution >= 4 is 39.0 Å². The van der Waals surface area contributed by atoms with E-state index in [1.165, 1.54) is 13.2 Å². The van der Waals surface area contributed by atoms with Crippen molar-refractivity contribution in [2.45, 2.75) is 6.92 Å². The zero-order valence-electron chi connectivity index (χ0n) is 11.5. The molecule has 0 amide bonds. The van der Waals surface area contributed by atoms with Crippen molar-refractivity contribution in [2.75, 3.05) is 18.2 Å². The van der Waals surface area contributed by atoms with Crippen LogP contribution < -0.4 is 11.1 Å². The molecule has 0 aliphatic heterocycles. The first-order valence-electron chi connectivity index (χ1n) is 6.13. The van der Waals surface area contributed by atoms with E-state index in [1.807, 2.05) is 25.1 Å². The lowest BCUT2D eigenvalue weighted by Gasteiger charge is -2.13. The van der Waals surface area contributed by atoms with E-state index in [1.54, 1.807) is 0 Å². The van der Waals surface area contributed by atoms with Crippen LogP contribution in [-0.2, 0) is 4.74 Å². The standard InChI is InChI=1S/C15H14BrFN2O2/c1-8-3-4-9(16)5-13(8)19-14-6-10(15(20)21-2)12(18)7-11(14)17/h3-7,19H,18H2,1-2H3. The molecule has 110 valence electrons. The fourth-order valence-corrected chi connectivity index (χ4v) is 2.21. The van der Waals surface area contributed by atoms with Crippen LogP contribution in [0.15, 0.2) is 34.8 Å². The average Bonchev–Trinajstić information content (AvgIpc) is 2.44. The first-order valence-corrected chi connectivity index (χ1v) is 6.92. The lowest BCUT2D eigenvalue weighted by atomic mass is 10.1. The molecule has 21 heavy (non-hydrogen) atoms. The van der Waals surface area contributed by atoms with Crippen LogP contribution in [0, 0.1) is 12.7 Å². The van der Waals surface area contributed by atoms with Crippen molar-refractivity contribution in [3.8, 4) is 0 Å². The summed E-state index contributed by atoms with van der Waals surface area (Å²) in [6, 6.07) is 8.05. The first kappa shape index (κ1) is 15.3. The minimum absolute atomic E-state index is 0.0378. The number of hydrogen-bond acceptors (Lipinski definition) is 4. The largest absolute Gasteiger partial charge is 0.465 e. The molecule has 0 heterocycles. The Bertz CT molecular complexity index is 704. The second kappa shape index (κ2) is 6.13. The van der Waals surface area contributed by atoms with Crippen molar-refractivity contribution in [1.82, 2.24) is 0 Å². The van der Waals surface area contributed by atoms with Gasteiger partial charge < -0.3 is 15.8 Å². The minimum Gasteiger partial charge on any atom is -0.465 e. The van der Waals surface area contributed by atoms with Gasteiger partial charge in [-0.05, 0) is 36.8 Å². The molecule has 4 nitrogen and oxygen atoms in total. The number of aryl methyl sites for hydroxylation is 1. The van der Waals surface area contributed by atoms with Crippen LogP contribution in [0.2, 0.25) is 0 Å². The molecular weight excluding hydrogens is 339 g/mol. The SMILES string of the molecule is COC(=O)c1cc(Nc2cc(Br)ccc2C)c(F)cc1N. The predicted octanol–water partition coefficient (Wildman–Crippen LogP) is 4.01. The quantitative estimate of drug-likeness (QED) is 0.647. The van der Waals surface area contributed by atoms with Gasteiger partial charge in [0.15, 0.2) is 0 Å². The number of anilines is 3. The van der Waals surface area contributed by atoms with Gasteiger partial charge in [-0.3, -0.25) is 0 Å². The van der Waals surface area contributed by atoms with E-state index in [2.05, 4.69) is 26.0 Å². The summed E-state index contributed by atoms with van der Waals surface area (Å²) >= 11 is 3.36. The Balaban J connectivity index is 2.44. The van der Waals surface area contributed by atoms with Gasteiger partial charge in [-0.15, -0.1) is 0 Å². The molecule has 0 spiro atoms. The summed E-state index contributed by atoms with van der Waals surface area (Å²) in [5.74, 6) is -1.15. The van der Waals surface area contributed by atoms with Gasteiger partial charge in [0.2, 0.25) is 0 Å². The molecule has 0 unspecified atom stereocenters. The summed E-state index contributed by atoms with van der Waals surface area (Å²) in [4.78, 5) is 11.6. The third-order valence-corrected chi connectivity index (χ3v) is 3.51. The number of rotatable bonds is 3. The predicted molar refractivity (Wildman–Crippen MR) is 84.3 cm³/mol. The third-order valence-electron chi connectivity index (χ3n) is 3.01. The summed E-state index contributed by atoms with van der Waals surface area (Å²) < 4.78 is 19.5. The minimum atomic E-state index is -0.610. The van der Waals surface area contributed by atoms with Crippen LogP contribution in [0.1, 0.15) is 15.9 Å².